The lowest BCUT2D eigenvalue weighted by Crippen LogP contribution is -2.46. The van der Waals surface area contributed by atoms with Crippen molar-refractivity contribution >= 4 is 40.9 Å². The maximum absolute atomic E-state index is 12.6. The molecule has 1 aliphatic rings. The number of benzene rings is 1. The van der Waals surface area contributed by atoms with Crippen LogP contribution in [0.2, 0.25) is 0 Å². The maximum atomic E-state index is 12.6. The number of ketones is 1. The lowest BCUT2D eigenvalue weighted by molar-refractivity contribution is -0.125. The average Bonchev–Trinajstić information content (AvgIpc) is 2.88. The van der Waals surface area contributed by atoms with Crippen LogP contribution in [0.15, 0.2) is 30.3 Å². The molecule has 0 atom stereocenters. The molecule has 3 nitrogen and oxygen atoms in total. The van der Waals surface area contributed by atoms with Crippen LogP contribution in [-0.2, 0) is 9.59 Å². The zero-order valence-corrected chi connectivity index (χ0v) is 12.0. The molecule has 0 aliphatic carbocycles. The van der Waals surface area contributed by atoms with Gasteiger partial charge in [0.05, 0.1) is 0 Å². The number of hydrogen-bond donors (Lipinski definition) is 0. The molecular weight excluding hydrogens is 266 g/mol. The zero-order chi connectivity index (χ0) is 13.2. The monoisotopic (exact) mass is 281 g/mol. The number of nitrogens with zero attached hydrogens (tertiary/aromatic N) is 1. The van der Waals surface area contributed by atoms with Crippen molar-refractivity contribution in [1.29, 1.82) is 0 Å². The number of carbonyl (C=O) groups excluding carboxylic acids is 2. The van der Waals surface area contributed by atoms with E-state index in [-0.39, 0.29) is 11.7 Å². The Morgan fingerprint density at radius 2 is 1.72 bits per heavy atom. The number of amides is 1. The van der Waals surface area contributed by atoms with Crippen molar-refractivity contribution in [3.8, 4) is 0 Å². The number of anilines is 1. The normalized spacial score (nSPS) is 17.4. The topological polar surface area (TPSA) is 37.4 Å². The van der Waals surface area contributed by atoms with Gasteiger partial charge in [0.2, 0.25) is 0 Å². The van der Waals surface area contributed by atoms with Crippen LogP contribution in [-0.4, -0.2) is 34.3 Å². The van der Waals surface area contributed by atoms with Crippen LogP contribution < -0.4 is 4.90 Å². The molecule has 1 aromatic rings. The fourth-order valence-corrected chi connectivity index (χ4v) is 4.88. The first kappa shape index (κ1) is 13.5. The van der Waals surface area contributed by atoms with Gasteiger partial charge in [-0.25, -0.2) is 0 Å². The van der Waals surface area contributed by atoms with Crippen LogP contribution in [0.1, 0.15) is 6.92 Å². The summed E-state index contributed by atoms with van der Waals surface area (Å²) in [5.74, 6) is 1.49. The van der Waals surface area contributed by atoms with E-state index in [9.17, 15) is 9.59 Å². The van der Waals surface area contributed by atoms with Crippen molar-refractivity contribution in [3.63, 3.8) is 0 Å². The van der Waals surface area contributed by atoms with Crippen LogP contribution in [0.5, 0.6) is 0 Å². The Bertz CT molecular complexity index is 455. The molecule has 5 heteroatoms. The molecule has 96 valence electrons. The second kappa shape index (κ2) is 5.36. The van der Waals surface area contributed by atoms with Crippen molar-refractivity contribution in [2.24, 2.45) is 0 Å². The Balaban J connectivity index is 2.27. The molecule has 1 saturated heterocycles. The highest BCUT2D eigenvalue weighted by Gasteiger charge is 2.49. The summed E-state index contributed by atoms with van der Waals surface area (Å²) < 4.78 is -0.940. The van der Waals surface area contributed by atoms with Gasteiger partial charge in [0, 0.05) is 24.2 Å². The molecule has 1 fully saturated rings. The molecule has 0 N–H and O–H groups in total. The Morgan fingerprint density at radius 1 is 1.17 bits per heavy atom. The Morgan fingerprint density at radius 3 is 2.22 bits per heavy atom. The van der Waals surface area contributed by atoms with Crippen molar-refractivity contribution in [3.05, 3.63) is 30.3 Å². The molecule has 1 aromatic carbocycles. The fraction of sp³-hybridized carbons (Fsp3) is 0.385. The van der Waals surface area contributed by atoms with Gasteiger partial charge in [-0.05, 0) is 19.1 Å². The number of hydrogen-bond acceptors (Lipinski definition) is 4. The van der Waals surface area contributed by atoms with Gasteiger partial charge in [0.15, 0.2) is 9.86 Å². The van der Waals surface area contributed by atoms with Crippen molar-refractivity contribution in [2.75, 3.05) is 23.5 Å². The average molecular weight is 281 g/mol. The SMILES string of the molecule is CC(=O)C1(C(=O)N(C)c2ccccc2)SCCS1. The van der Waals surface area contributed by atoms with Gasteiger partial charge in [0.25, 0.3) is 5.91 Å². The van der Waals surface area contributed by atoms with Gasteiger partial charge in [-0.2, -0.15) is 0 Å². The standard InChI is InChI=1S/C13H15NO2S2/c1-10(15)13(17-8-9-18-13)12(16)14(2)11-6-4-3-5-7-11/h3-7H,8-9H2,1-2H3. The van der Waals surface area contributed by atoms with Crippen LogP contribution in [0.25, 0.3) is 0 Å². The highest BCUT2D eigenvalue weighted by Crippen LogP contribution is 2.46. The van der Waals surface area contributed by atoms with Crippen LogP contribution in [0.3, 0.4) is 0 Å². The number of Topliss-reactive ketones (excluding diaryl/α,β-unsaturated/α-hetero) is 1. The van der Waals surface area contributed by atoms with E-state index in [0.717, 1.165) is 17.2 Å². The van der Waals surface area contributed by atoms with Gasteiger partial charge in [0.1, 0.15) is 0 Å². The largest absolute Gasteiger partial charge is 0.313 e. The zero-order valence-electron chi connectivity index (χ0n) is 10.4. The summed E-state index contributed by atoms with van der Waals surface area (Å²) in [4.78, 5) is 26.0. The van der Waals surface area contributed by atoms with E-state index in [2.05, 4.69) is 0 Å². The highest BCUT2D eigenvalue weighted by molar-refractivity contribution is 8.23. The smallest absolute Gasteiger partial charge is 0.260 e. The van der Waals surface area contributed by atoms with E-state index in [0.29, 0.717) is 0 Å². The molecule has 1 aliphatic heterocycles. The molecule has 1 heterocycles. The van der Waals surface area contributed by atoms with Crippen LogP contribution >= 0.6 is 23.5 Å². The van der Waals surface area contributed by atoms with E-state index in [1.807, 2.05) is 30.3 Å². The predicted octanol–water partition coefficient (Wildman–Crippen LogP) is 2.41. The lowest BCUT2D eigenvalue weighted by atomic mass is 10.2. The van der Waals surface area contributed by atoms with E-state index < -0.39 is 4.08 Å². The van der Waals surface area contributed by atoms with E-state index >= 15 is 0 Å². The van der Waals surface area contributed by atoms with Gasteiger partial charge in [-0.15, -0.1) is 23.5 Å². The molecular formula is C13H15NO2S2. The molecule has 18 heavy (non-hydrogen) atoms. The lowest BCUT2D eigenvalue weighted by Gasteiger charge is -2.28. The van der Waals surface area contributed by atoms with Crippen LogP contribution in [0.4, 0.5) is 5.69 Å². The quantitative estimate of drug-likeness (QED) is 0.797. The molecule has 0 bridgehead atoms. The Labute approximate surface area is 115 Å². The predicted molar refractivity (Wildman–Crippen MR) is 78.2 cm³/mol. The molecule has 0 unspecified atom stereocenters. The van der Waals surface area contributed by atoms with Gasteiger partial charge in [-0.1, -0.05) is 18.2 Å². The van der Waals surface area contributed by atoms with Crippen LogP contribution in [0, 0.1) is 0 Å². The summed E-state index contributed by atoms with van der Waals surface area (Å²) >= 11 is 2.90. The first-order valence-electron chi connectivity index (χ1n) is 5.70. The fourth-order valence-electron chi connectivity index (χ4n) is 1.88. The molecule has 2 rings (SSSR count). The third kappa shape index (κ3) is 2.29. The Kier molecular flexibility index (Phi) is 4.02. The summed E-state index contributed by atoms with van der Waals surface area (Å²) in [5, 5.41) is 0. The third-order valence-electron chi connectivity index (χ3n) is 2.89. The van der Waals surface area contributed by atoms with Gasteiger partial charge in [-0.3, -0.25) is 9.59 Å². The van der Waals surface area contributed by atoms with E-state index in [4.69, 9.17) is 0 Å². The van der Waals surface area contributed by atoms with Gasteiger partial charge < -0.3 is 4.90 Å². The minimum atomic E-state index is -0.940. The second-order valence-electron chi connectivity index (χ2n) is 4.07. The summed E-state index contributed by atoms with van der Waals surface area (Å²) in [7, 11) is 1.72. The van der Waals surface area contributed by atoms with Crippen molar-refractivity contribution < 1.29 is 9.59 Å². The van der Waals surface area contributed by atoms with Gasteiger partial charge >= 0.3 is 0 Å². The minimum absolute atomic E-state index is 0.0669. The highest BCUT2D eigenvalue weighted by atomic mass is 32.2. The first-order chi connectivity index (χ1) is 8.58. The third-order valence-corrected chi connectivity index (χ3v) is 6.41. The number of para-hydroxylation sites is 1. The minimum Gasteiger partial charge on any atom is -0.313 e. The number of thioether (sulfide) groups is 2. The molecule has 0 aromatic heterocycles. The number of rotatable bonds is 3. The number of carbonyl (C=O) groups is 2. The molecule has 0 radical (unpaired) electrons. The van der Waals surface area contributed by atoms with Crippen molar-refractivity contribution in [2.45, 2.75) is 11.0 Å². The maximum Gasteiger partial charge on any atom is 0.260 e. The first-order valence-corrected chi connectivity index (χ1v) is 7.67. The van der Waals surface area contributed by atoms with E-state index in [1.54, 1.807) is 11.9 Å². The summed E-state index contributed by atoms with van der Waals surface area (Å²) in [6, 6.07) is 9.41. The summed E-state index contributed by atoms with van der Waals surface area (Å²) in [6.45, 7) is 1.50. The molecule has 1 amide bonds. The van der Waals surface area contributed by atoms with Crippen molar-refractivity contribution in [1.82, 2.24) is 0 Å². The molecule has 0 spiro atoms. The summed E-state index contributed by atoms with van der Waals surface area (Å²) in [6.07, 6.45) is 0. The second-order valence-corrected chi connectivity index (χ2v) is 6.95. The van der Waals surface area contributed by atoms with E-state index in [1.165, 1.54) is 30.4 Å². The summed E-state index contributed by atoms with van der Waals surface area (Å²) in [5.41, 5.74) is 0.816. The Hall–Kier alpha value is -0.940. The molecule has 0 saturated carbocycles.